The zero-order valence-electron chi connectivity index (χ0n) is 6.04. The molecule has 5 heteroatoms. The van der Waals surface area contributed by atoms with Gasteiger partial charge in [0.15, 0.2) is 0 Å². The van der Waals surface area contributed by atoms with E-state index in [2.05, 4.69) is 5.32 Å². The number of amides is 1. The first-order chi connectivity index (χ1) is 5.20. The van der Waals surface area contributed by atoms with Gasteiger partial charge in [-0.25, -0.2) is 0 Å². The summed E-state index contributed by atoms with van der Waals surface area (Å²) < 4.78 is 0. The van der Waals surface area contributed by atoms with Crippen LogP contribution in [0.1, 0.15) is 6.42 Å². The monoisotopic (exact) mass is 158 g/mol. The third-order valence-corrected chi connectivity index (χ3v) is 1.52. The number of carboxylic acid groups (broad SMARTS) is 1. The average molecular weight is 158 g/mol. The molecule has 5 nitrogen and oxygen atoms in total. The summed E-state index contributed by atoms with van der Waals surface area (Å²) in [5, 5.41) is 11.2. The minimum absolute atomic E-state index is 0.317. The van der Waals surface area contributed by atoms with Gasteiger partial charge in [0.05, 0.1) is 6.67 Å². The summed E-state index contributed by atoms with van der Waals surface area (Å²) in [6.07, 6.45) is -0.401. The molecule has 0 unspecified atom stereocenters. The maximum absolute atomic E-state index is 11.0. The Bertz CT molecular complexity index is 175. The lowest BCUT2D eigenvalue weighted by Gasteiger charge is -2.11. The van der Waals surface area contributed by atoms with Gasteiger partial charge in [-0.1, -0.05) is 0 Å². The maximum atomic E-state index is 11.0. The number of carbonyl (C=O) groups is 2. The molecule has 1 aliphatic rings. The van der Waals surface area contributed by atoms with Crippen molar-refractivity contribution < 1.29 is 14.7 Å². The van der Waals surface area contributed by atoms with Gasteiger partial charge in [0.2, 0.25) is 5.91 Å². The largest absolute Gasteiger partial charge is 0.481 e. The van der Waals surface area contributed by atoms with Crippen molar-refractivity contribution in [3.8, 4) is 0 Å². The molecular weight excluding hydrogens is 148 g/mol. The Kier molecular flexibility index (Phi) is 2.43. The van der Waals surface area contributed by atoms with E-state index in [4.69, 9.17) is 5.11 Å². The quantitative estimate of drug-likeness (QED) is 0.498. The highest BCUT2D eigenvalue weighted by Crippen LogP contribution is 1.96. The highest BCUT2D eigenvalue weighted by atomic mass is 16.4. The van der Waals surface area contributed by atoms with Crippen LogP contribution >= 0.6 is 0 Å². The smallest absolute Gasteiger partial charge is 0.312 e. The Morgan fingerprint density at radius 3 is 2.73 bits per heavy atom. The number of carbonyl (C=O) groups excluding carboxylic acids is 1. The van der Waals surface area contributed by atoms with Crippen molar-refractivity contribution in [1.82, 2.24) is 10.2 Å². The van der Waals surface area contributed by atoms with Gasteiger partial charge < -0.3 is 10.0 Å². The zero-order valence-corrected chi connectivity index (χ0v) is 6.04. The minimum Gasteiger partial charge on any atom is -0.481 e. The normalized spacial score (nSPS) is 16.9. The van der Waals surface area contributed by atoms with Crippen molar-refractivity contribution in [1.29, 1.82) is 0 Å². The second-order valence-corrected chi connectivity index (χ2v) is 2.39. The van der Waals surface area contributed by atoms with Crippen LogP contribution in [-0.2, 0) is 9.59 Å². The molecule has 1 heterocycles. The summed E-state index contributed by atoms with van der Waals surface area (Å²) in [5.41, 5.74) is 0. The van der Waals surface area contributed by atoms with E-state index in [1.54, 1.807) is 0 Å². The SMILES string of the molecule is O=C(O)CC(=O)N1CCNC1. The Morgan fingerprint density at radius 2 is 2.27 bits per heavy atom. The number of aliphatic carboxylic acids is 1. The Balaban J connectivity index is 2.34. The number of rotatable bonds is 2. The van der Waals surface area contributed by atoms with E-state index in [0.717, 1.165) is 6.54 Å². The van der Waals surface area contributed by atoms with Gasteiger partial charge in [0.1, 0.15) is 6.42 Å². The van der Waals surface area contributed by atoms with Crippen LogP contribution < -0.4 is 5.32 Å². The molecule has 2 N–H and O–H groups in total. The van der Waals surface area contributed by atoms with Gasteiger partial charge in [-0.05, 0) is 0 Å². The van der Waals surface area contributed by atoms with Crippen molar-refractivity contribution in [3.63, 3.8) is 0 Å². The van der Waals surface area contributed by atoms with Gasteiger partial charge in [0, 0.05) is 13.1 Å². The van der Waals surface area contributed by atoms with Gasteiger partial charge >= 0.3 is 5.97 Å². The van der Waals surface area contributed by atoms with Crippen molar-refractivity contribution in [2.24, 2.45) is 0 Å². The molecule has 1 rings (SSSR count). The van der Waals surface area contributed by atoms with Gasteiger partial charge in [-0.15, -0.1) is 0 Å². The topological polar surface area (TPSA) is 69.6 Å². The summed E-state index contributed by atoms with van der Waals surface area (Å²) >= 11 is 0. The first-order valence-electron chi connectivity index (χ1n) is 3.40. The Hall–Kier alpha value is -1.10. The fourth-order valence-corrected chi connectivity index (χ4v) is 0.961. The number of nitrogens with zero attached hydrogens (tertiary/aromatic N) is 1. The minimum atomic E-state index is -1.07. The van der Waals surface area contributed by atoms with Crippen LogP contribution in [0.15, 0.2) is 0 Å². The summed E-state index contributed by atoms with van der Waals surface area (Å²) in [6.45, 7) is 1.85. The molecule has 1 saturated heterocycles. The highest BCUT2D eigenvalue weighted by molar-refractivity contribution is 5.93. The molecule has 0 aliphatic carbocycles. The van der Waals surface area contributed by atoms with Gasteiger partial charge in [-0.2, -0.15) is 0 Å². The zero-order chi connectivity index (χ0) is 8.27. The fraction of sp³-hybridized carbons (Fsp3) is 0.667. The van der Waals surface area contributed by atoms with Crippen LogP contribution in [0.4, 0.5) is 0 Å². The summed E-state index contributed by atoms with van der Waals surface area (Å²) in [4.78, 5) is 22.6. The van der Waals surface area contributed by atoms with E-state index in [0.29, 0.717) is 13.2 Å². The lowest BCUT2D eigenvalue weighted by molar-refractivity contribution is -0.143. The lowest BCUT2D eigenvalue weighted by atomic mass is 10.4. The van der Waals surface area contributed by atoms with Crippen molar-refractivity contribution in [3.05, 3.63) is 0 Å². The molecule has 0 aromatic carbocycles. The van der Waals surface area contributed by atoms with Crippen molar-refractivity contribution >= 4 is 11.9 Å². The number of nitrogens with one attached hydrogen (secondary N) is 1. The van der Waals surface area contributed by atoms with Gasteiger partial charge in [-0.3, -0.25) is 14.9 Å². The predicted molar refractivity (Wildman–Crippen MR) is 36.8 cm³/mol. The van der Waals surface area contributed by atoms with E-state index in [-0.39, 0.29) is 5.91 Å². The second kappa shape index (κ2) is 3.34. The average Bonchev–Trinajstić information content (AvgIpc) is 2.35. The summed E-state index contributed by atoms with van der Waals surface area (Å²) in [7, 11) is 0. The molecule has 62 valence electrons. The van der Waals surface area contributed by atoms with Crippen molar-refractivity contribution in [2.45, 2.75) is 6.42 Å². The van der Waals surface area contributed by atoms with E-state index in [1.807, 2.05) is 0 Å². The molecule has 0 atom stereocenters. The molecule has 0 bridgehead atoms. The third-order valence-electron chi connectivity index (χ3n) is 1.52. The van der Waals surface area contributed by atoms with E-state index in [1.165, 1.54) is 4.90 Å². The van der Waals surface area contributed by atoms with Crippen LogP contribution in [0.25, 0.3) is 0 Å². The lowest BCUT2D eigenvalue weighted by Crippen LogP contribution is -2.31. The summed E-state index contributed by atoms with van der Waals surface area (Å²) in [6, 6.07) is 0. The fourth-order valence-electron chi connectivity index (χ4n) is 0.961. The highest BCUT2D eigenvalue weighted by Gasteiger charge is 2.19. The molecule has 0 aromatic heterocycles. The number of hydrogen-bond donors (Lipinski definition) is 2. The van der Waals surface area contributed by atoms with Crippen molar-refractivity contribution in [2.75, 3.05) is 19.8 Å². The second-order valence-electron chi connectivity index (χ2n) is 2.39. The molecule has 1 aliphatic heterocycles. The van der Waals surface area contributed by atoms with Gasteiger partial charge in [0.25, 0.3) is 0 Å². The molecule has 0 aromatic rings. The third kappa shape index (κ3) is 2.19. The standard InChI is InChI=1S/C6H10N2O3/c9-5(3-6(10)11)8-2-1-7-4-8/h7H,1-4H2,(H,10,11). The Morgan fingerprint density at radius 1 is 1.55 bits per heavy atom. The summed E-state index contributed by atoms with van der Waals surface area (Å²) in [5.74, 6) is -1.38. The van der Waals surface area contributed by atoms with Crippen LogP contribution in [0, 0.1) is 0 Å². The molecule has 1 fully saturated rings. The molecule has 1 amide bonds. The van der Waals surface area contributed by atoms with Crippen LogP contribution in [0.5, 0.6) is 0 Å². The number of hydrogen-bond acceptors (Lipinski definition) is 3. The molecular formula is C6H10N2O3. The Labute approximate surface area is 64.0 Å². The van der Waals surface area contributed by atoms with Crippen LogP contribution in [0.3, 0.4) is 0 Å². The van der Waals surface area contributed by atoms with E-state index < -0.39 is 12.4 Å². The van der Waals surface area contributed by atoms with E-state index in [9.17, 15) is 9.59 Å². The molecule has 0 saturated carbocycles. The molecule has 0 radical (unpaired) electrons. The van der Waals surface area contributed by atoms with Crippen LogP contribution in [-0.4, -0.2) is 41.6 Å². The molecule has 11 heavy (non-hydrogen) atoms. The van der Waals surface area contributed by atoms with Crippen LogP contribution in [0.2, 0.25) is 0 Å². The van der Waals surface area contributed by atoms with E-state index >= 15 is 0 Å². The molecule has 0 spiro atoms. The maximum Gasteiger partial charge on any atom is 0.312 e. The number of carboxylic acids is 1. The first-order valence-corrected chi connectivity index (χ1v) is 3.40. The first kappa shape index (κ1) is 8.00. The predicted octanol–water partition coefficient (Wildman–Crippen LogP) is -1.15.